The lowest BCUT2D eigenvalue weighted by molar-refractivity contribution is 0.165. The van der Waals surface area contributed by atoms with Crippen molar-refractivity contribution in [2.24, 2.45) is 0 Å². The molecule has 0 unspecified atom stereocenters. The standard InChI is InChI=1S/C8H11FN2O/c1-5(6(2)12)8-7(9)3-10-4-11-8/h3-6,12H,1-2H3/t5-,6+/m0/s1. The van der Waals surface area contributed by atoms with Crippen LogP contribution < -0.4 is 0 Å². The maximum Gasteiger partial charge on any atom is 0.163 e. The van der Waals surface area contributed by atoms with E-state index < -0.39 is 11.9 Å². The summed E-state index contributed by atoms with van der Waals surface area (Å²) in [5, 5.41) is 9.17. The predicted octanol–water partition coefficient (Wildman–Crippen LogP) is 1.10. The summed E-state index contributed by atoms with van der Waals surface area (Å²) >= 11 is 0. The molecule has 12 heavy (non-hydrogen) atoms. The summed E-state index contributed by atoms with van der Waals surface area (Å²) in [6.45, 7) is 3.32. The van der Waals surface area contributed by atoms with E-state index in [1.54, 1.807) is 13.8 Å². The fourth-order valence-corrected chi connectivity index (χ4v) is 0.886. The van der Waals surface area contributed by atoms with Crippen molar-refractivity contribution >= 4 is 0 Å². The molecule has 2 atom stereocenters. The van der Waals surface area contributed by atoms with Gasteiger partial charge in [0.25, 0.3) is 0 Å². The van der Waals surface area contributed by atoms with Crippen LogP contribution in [0.4, 0.5) is 4.39 Å². The monoisotopic (exact) mass is 170 g/mol. The molecule has 0 saturated carbocycles. The van der Waals surface area contributed by atoms with Crippen LogP contribution in [0.2, 0.25) is 0 Å². The first-order valence-electron chi connectivity index (χ1n) is 3.76. The van der Waals surface area contributed by atoms with E-state index in [1.165, 1.54) is 6.33 Å². The van der Waals surface area contributed by atoms with E-state index >= 15 is 0 Å². The van der Waals surface area contributed by atoms with Gasteiger partial charge in [0, 0.05) is 5.92 Å². The van der Waals surface area contributed by atoms with Crippen LogP contribution in [-0.2, 0) is 0 Å². The first-order chi connectivity index (χ1) is 5.63. The van der Waals surface area contributed by atoms with E-state index in [0.717, 1.165) is 6.20 Å². The zero-order valence-electron chi connectivity index (χ0n) is 7.03. The Hall–Kier alpha value is -1.03. The van der Waals surface area contributed by atoms with Crippen molar-refractivity contribution in [1.82, 2.24) is 9.97 Å². The molecule has 0 aliphatic rings. The number of aliphatic hydroxyl groups is 1. The van der Waals surface area contributed by atoms with Gasteiger partial charge in [-0.25, -0.2) is 14.4 Å². The summed E-state index contributed by atoms with van der Waals surface area (Å²) in [7, 11) is 0. The smallest absolute Gasteiger partial charge is 0.163 e. The minimum atomic E-state index is -0.602. The van der Waals surface area contributed by atoms with Crippen LogP contribution in [0.1, 0.15) is 25.5 Å². The van der Waals surface area contributed by atoms with Gasteiger partial charge >= 0.3 is 0 Å². The second-order valence-electron chi connectivity index (χ2n) is 2.79. The summed E-state index contributed by atoms with van der Waals surface area (Å²) in [6, 6.07) is 0. The summed E-state index contributed by atoms with van der Waals surface area (Å²) in [5.41, 5.74) is 0.264. The van der Waals surface area contributed by atoms with E-state index in [-0.39, 0.29) is 11.6 Å². The third kappa shape index (κ3) is 1.76. The zero-order chi connectivity index (χ0) is 9.14. The average molecular weight is 170 g/mol. The second kappa shape index (κ2) is 3.58. The molecule has 0 bridgehead atoms. The highest BCUT2D eigenvalue weighted by molar-refractivity contribution is 5.08. The third-order valence-corrected chi connectivity index (χ3v) is 1.85. The fourth-order valence-electron chi connectivity index (χ4n) is 0.886. The maximum absolute atomic E-state index is 13.0. The van der Waals surface area contributed by atoms with Gasteiger partial charge in [-0.2, -0.15) is 0 Å². The fraction of sp³-hybridized carbons (Fsp3) is 0.500. The number of hydrogen-bond acceptors (Lipinski definition) is 3. The molecule has 66 valence electrons. The molecule has 0 aliphatic carbocycles. The lowest BCUT2D eigenvalue weighted by Gasteiger charge is -2.13. The van der Waals surface area contributed by atoms with Gasteiger partial charge < -0.3 is 5.11 Å². The Kier molecular flexibility index (Phi) is 2.70. The minimum Gasteiger partial charge on any atom is -0.393 e. The van der Waals surface area contributed by atoms with Crippen molar-refractivity contribution in [2.75, 3.05) is 0 Å². The van der Waals surface area contributed by atoms with Crippen molar-refractivity contribution in [3.05, 3.63) is 24.0 Å². The highest BCUT2D eigenvalue weighted by atomic mass is 19.1. The Morgan fingerprint density at radius 2 is 2.17 bits per heavy atom. The van der Waals surface area contributed by atoms with Gasteiger partial charge in [0.1, 0.15) is 6.33 Å². The van der Waals surface area contributed by atoms with Crippen molar-refractivity contribution in [3.63, 3.8) is 0 Å². The molecule has 1 rings (SSSR count). The molecule has 0 amide bonds. The van der Waals surface area contributed by atoms with Crippen LogP contribution >= 0.6 is 0 Å². The topological polar surface area (TPSA) is 46.0 Å². The number of aliphatic hydroxyl groups excluding tert-OH is 1. The molecule has 0 fully saturated rings. The van der Waals surface area contributed by atoms with Gasteiger partial charge in [0.2, 0.25) is 0 Å². The number of rotatable bonds is 2. The van der Waals surface area contributed by atoms with E-state index in [0.29, 0.717) is 0 Å². The van der Waals surface area contributed by atoms with Gasteiger partial charge in [-0.05, 0) is 6.92 Å². The van der Waals surface area contributed by atoms with E-state index in [2.05, 4.69) is 9.97 Å². The normalized spacial score (nSPS) is 15.7. The molecule has 0 aliphatic heterocycles. The van der Waals surface area contributed by atoms with Crippen LogP contribution in [0.15, 0.2) is 12.5 Å². The highest BCUT2D eigenvalue weighted by Gasteiger charge is 2.16. The van der Waals surface area contributed by atoms with Crippen molar-refractivity contribution in [2.45, 2.75) is 25.9 Å². The van der Waals surface area contributed by atoms with Gasteiger partial charge in [-0.1, -0.05) is 6.92 Å². The van der Waals surface area contributed by atoms with E-state index in [9.17, 15) is 9.50 Å². The summed E-state index contributed by atoms with van der Waals surface area (Å²) in [5.74, 6) is -0.765. The first kappa shape index (κ1) is 9.06. The second-order valence-corrected chi connectivity index (χ2v) is 2.79. The Bertz CT molecular complexity index is 265. The molecule has 1 N–H and O–H groups in total. The third-order valence-electron chi connectivity index (χ3n) is 1.85. The zero-order valence-corrected chi connectivity index (χ0v) is 7.03. The van der Waals surface area contributed by atoms with Crippen LogP contribution in [0, 0.1) is 5.82 Å². The van der Waals surface area contributed by atoms with Crippen LogP contribution in [0.3, 0.4) is 0 Å². The molecular weight excluding hydrogens is 159 g/mol. The lowest BCUT2D eigenvalue weighted by Crippen LogP contribution is -2.14. The predicted molar refractivity (Wildman–Crippen MR) is 42.1 cm³/mol. The van der Waals surface area contributed by atoms with Crippen molar-refractivity contribution in [1.29, 1.82) is 0 Å². The van der Waals surface area contributed by atoms with Crippen LogP contribution in [0.5, 0.6) is 0 Å². The Morgan fingerprint density at radius 3 is 2.67 bits per heavy atom. The SMILES string of the molecule is C[C@H](c1ncncc1F)[C@@H](C)O. The molecule has 0 aromatic carbocycles. The molecule has 0 saturated heterocycles. The lowest BCUT2D eigenvalue weighted by atomic mass is 10.0. The largest absolute Gasteiger partial charge is 0.393 e. The van der Waals surface area contributed by atoms with Crippen LogP contribution in [0.25, 0.3) is 0 Å². The van der Waals surface area contributed by atoms with Gasteiger partial charge in [-0.15, -0.1) is 0 Å². The molecule has 3 nitrogen and oxygen atoms in total. The molecule has 4 heteroatoms. The highest BCUT2D eigenvalue weighted by Crippen LogP contribution is 2.18. The summed E-state index contributed by atoms with van der Waals surface area (Å²) < 4.78 is 13.0. The molecule has 1 aromatic rings. The van der Waals surface area contributed by atoms with Crippen molar-refractivity contribution < 1.29 is 9.50 Å². The summed E-state index contributed by atoms with van der Waals surface area (Å²) in [4.78, 5) is 7.27. The number of aromatic nitrogens is 2. The number of halogens is 1. The van der Waals surface area contributed by atoms with Gasteiger partial charge in [0.05, 0.1) is 18.0 Å². The van der Waals surface area contributed by atoms with Gasteiger partial charge in [-0.3, -0.25) is 0 Å². The van der Waals surface area contributed by atoms with Crippen LogP contribution in [-0.4, -0.2) is 21.2 Å². The van der Waals surface area contributed by atoms with Gasteiger partial charge in [0.15, 0.2) is 5.82 Å². The quantitative estimate of drug-likeness (QED) is 0.722. The Balaban J connectivity index is 2.94. The maximum atomic E-state index is 13.0. The van der Waals surface area contributed by atoms with E-state index in [1.807, 2.05) is 0 Å². The average Bonchev–Trinajstić information content (AvgIpc) is 2.04. The molecule has 0 radical (unpaired) electrons. The Morgan fingerprint density at radius 1 is 1.50 bits per heavy atom. The number of nitrogens with zero attached hydrogens (tertiary/aromatic N) is 2. The number of hydrogen-bond donors (Lipinski definition) is 1. The van der Waals surface area contributed by atoms with E-state index in [4.69, 9.17) is 0 Å². The Labute approximate surface area is 70.3 Å². The molecule has 1 aromatic heterocycles. The van der Waals surface area contributed by atoms with Crippen molar-refractivity contribution in [3.8, 4) is 0 Å². The molecular formula is C8H11FN2O. The summed E-state index contributed by atoms with van der Waals surface area (Å²) in [6.07, 6.45) is 1.77. The minimum absolute atomic E-state index is 0.264. The first-order valence-corrected chi connectivity index (χ1v) is 3.76. The molecule has 1 heterocycles. The molecule has 0 spiro atoms.